The standard InChI is InChI=1S/C14H26N4/c1-2-3-4-5-6-7-8-9-11-16-13-10-12-17-14(15)18-13/h10,12H,2-9,11H2,1H3,(H3,15,16,17,18). The van der Waals surface area contributed by atoms with Crippen molar-refractivity contribution in [3.05, 3.63) is 12.3 Å². The Hall–Kier alpha value is -1.32. The molecule has 0 radical (unpaired) electrons. The highest BCUT2D eigenvalue weighted by atomic mass is 15.1. The number of unbranched alkanes of at least 4 members (excludes halogenated alkanes) is 7. The summed E-state index contributed by atoms with van der Waals surface area (Å²) in [6, 6.07) is 1.85. The number of nitrogens with zero attached hydrogens (tertiary/aromatic N) is 2. The van der Waals surface area contributed by atoms with Crippen LogP contribution >= 0.6 is 0 Å². The number of hydrogen-bond donors (Lipinski definition) is 2. The molecule has 4 heteroatoms. The first-order chi connectivity index (χ1) is 8.83. The van der Waals surface area contributed by atoms with Crippen LogP contribution in [0, 0.1) is 0 Å². The monoisotopic (exact) mass is 250 g/mol. The van der Waals surface area contributed by atoms with Gasteiger partial charge in [0.05, 0.1) is 0 Å². The lowest BCUT2D eigenvalue weighted by atomic mass is 10.1. The lowest BCUT2D eigenvalue weighted by molar-refractivity contribution is 0.581. The fraction of sp³-hybridized carbons (Fsp3) is 0.714. The van der Waals surface area contributed by atoms with Crippen molar-refractivity contribution >= 4 is 11.8 Å². The summed E-state index contributed by atoms with van der Waals surface area (Å²) < 4.78 is 0. The Morgan fingerprint density at radius 2 is 1.72 bits per heavy atom. The van der Waals surface area contributed by atoms with Crippen molar-refractivity contribution in [1.82, 2.24) is 9.97 Å². The van der Waals surface area contributed by atoms with E-state index in [0.717, 1.165) is 12.4 Å². The Balaban J connectivity index is 1.92. The van der Waals surface area contributed by atoms with Crippen LogP contribution in [0.4, 0.5) is 11.8 Å². The maximum absolute atomic E-state index is 5.51. The smallest absolute Gasteiger partial charge is 0.221 e. The molecule has 1 heterocycles. The molecular weight excluding hydrogens is 224 g/mol. The lowest BCUT2D eigenvalue weighted by Crippen LogP contribution is -2.05. The van der Waals surface area contributed by atoms with E-state index in [1.54, 1.807) is 6.20 Å². The molecular formula is C14H26N4. The van der Waals surface area contributed by atoms with Gasteiger partial charge >= 0.3 is 0 Å². The Kier molecular flexibility index (Phi) is 7.93. The molecule has 1 rings (SSSR count). The van der Waals surface area contributed by atoms with Crippen LogP contribution in [-0.2, 0) is 0 Å². The second-order valence-corrected chi connectivity index (χ2v) is 4.70. The van der Waals surface area contributed by atoms with Crippen molar-refractivity contribution in [2.24, 2.45) is 0 Å². The second kappa shape index (κ2) is 9.68. The molecule has 1 aromatic heterocycles. The van der Waals surface area contributed by atoms with Gasteiger partial charge in [0.2, 0.25) is 5.95 Å². The molecule has 0 aliphatic heterocycles. The van der Waals surface area contributed by atoms with Crippen LogP contribution in [0.3, 0.4) is 0 Å². The lowest BCUT2D eigenvalue weighted by Gasteiger charge is -2.05. The van der Waals surface area contributed by atoms with Crippen molar-refractivity contribution in [1.29, 1.82) is 0 Å². The maximum atomic E-state index is 5.51. The average Bonchev–Trinajstić information content (AvgIpc) is 2.37. The highest BCUT2D eigenvalue weighted by molar-refractivity contribution is 5.36. The molecule has 0 bridgehead atoms. The van der Waals surface area contributed by atoms with E-state index in [0.29, 0.717) is 5.95 Å². The van der Waals surface area contributed by atoms with Gasteiger partial charge in [0.25, 0.3) is 0 Å². The molecule has 0 aliphatic carbocycles. The summed E-state index contributed by atoms with van der Waals surface area (Å²) in [6.07, 6.45) is 12.4. The van der Waals surface area contributed by atoms with Crippen LogP contribution in [0.15, 0.2) is 12.3 Å². The minimum absolute atomic E-state index is 0.330. The SMILES string of the molecule is CCCCCCCCCCNc1ccnc(N)n1. The molecule has 0 aromatic carbocycles. The predicted octanol–water partition coefficient (Wildman–Crippen LogP) is 3.61. The molecule has 0 fully saturated rings. The fourth-order valence-electron chi connectivity index (χ4n) is 1.95. The van der Waals surface area contributed by atoms with Crippen molar-refractivity contribution in [3.8, 4) is 0 Å². The molecule has 0 aliphatic rings. The van der Waals surface area contributed by atoms with Crippen molar-refractivity contribution in [3.63, 3.8) is 0 Å². The van der Waals surface area contributed by atoms with Gasteiger partial charge in [0.1, 0.15) is 5.82 Å². The van der Waals surface area contributed by atoms with E-state index >= 15 is 0 Å². The Bertz CT molecular complexity index is 314. The minimum Gasteiger partial charge on any atom is -0.370 e. The van der Waals surface area contributed by atoms with E-state index in [4.69, 9.17) is 5.73 Å². The highest BCUT2D eigenvalue weighted by Gasteiger charge is 1.95. The normalized spacial score (nSPS) is 10.5. The van der Waals surface area contributed by atoms with Gasteiger partial charge in [0.15, 0.2) is 0 Å². The first-order valence-electron chi connectivity index (χ1n) is 7.15. The van der Waals surface area contributed by atoms with Crippen LogP contribution in [0.1, 0.15) is 58.3 Å². The van der Waals surface area contributed by atoms with Crippen LogP contribution in [-0.4, -0.2) is 16.5 Å². The topological polar surface area (TPSA) is 63.8 Å². The Labute approximate surface area is 110 Å². The summed E-state index contributed by atoms with van der Waals surface area (Å²) in [4.78, 5) is 7.96. The third-order valence-corrected chi connectivity index (χ3v) is 3.01. The molecule has 0 saturated heterocycles. The van der Waals surface area contributed by atoms with Gasteiger partial charge < -0.3 is 11.1 Å². The molecule has 0 spiro atoms. The number of nitrogen functional groups attached to an aromatic ring is 1. The van der Waals surface area contributed by atoms with Gasteiger partial charge in [-0.05, 0) is 12.5 Å². The van der Waals surface area contributed by atoms with Crippen LogP contribution in [0.25, 0.3) is 0 Å². The van der Waals surface area contributed by atoms with Gasteiger partial charge in [-0.3, -0.25) is 0 Å². The predicted molar refractivity (Wildman–Crippen MR) is 77.5 cm³/mol. The molecule has 102 valence electrons. The number of nitrogens with two attached hydrogens (primary N) is 1. The summed E-state index contributed by atoms with van der Waals surface area (Å²) in [7, 11) is 0. The average molecular weight is 250 g/mol. The van der Waals surface area contributed by atoms with E-state index in [1.165, 1.54) is 51.4 Å². The quantitative estimate of drug-likeness (QED) is 0.623. The molecule has 0 saturated carbocycles. The summed E-state index contributed by atoms with van der Waals surface area (Å²) in [5.74, 6) is 1.15. The Morgan fingerprint density at radius 1 is 1.06 bits per heavy atom. The molecule has 1 aromatic rings. The van der Waals surface area contributed by atoms with Crippen molar-refractivity contribution < 1.29 is 0 Å². The van der Waals surface area contributed by atoms with E-state index < -0.39 is 0 Å². The van der Waals surface area contributed by atoms with E-state index in [1.807, 2.05) is 6.07 Å². The fourth-order valence-corrected chi connectivity index (χ4v) is 1.95. The van der Waals surface area contributed by atoms with Gasteiger partial charge in [-0.15, -0.1) is 0 Å². The van der Waals surface area contributed by atoms with Gasteiger partial charge in [-0.25, -0.2) is 4.98 Å². The zero-order valence-electron chi connectivity index (χ0n) is 11.5. The second-order valence-electron chi connectivity index (χ2n) is 4.70. The van der Waals surface area contributed by atoms with E-state index in [-0.39, 0.29) is 0 Å². The summed E-state index contributed by atoms with van der Waals surface area (Å²) in [5.41, 5.74) is 5.51. The third-order valence-electron chi connectivity index (χ3n) is 3.01. The number of hydrogen-bond acceptors (Lipinski definition) is 4. The summed E-state index contributed by atoms with van der Waals surface area (Å²) in [6.45, 7) is 3.22. The molecule has 18 heavy (non-hydrogen) atoms. The number of aromatic nitrogens is 2. The Morgan fingerprint density at radius 3 is 2.39 bits per heavy atom. The highest BCUT2D eigenvalue weighted by Crippen LogP contribution is 2.09. The minimum atomic E-state index is 0.330. The largest absolute Gasteiger partial charge is 0.370 e. The summed E-state index contributed by atoms with van der Waals surface area (Å²) in [5, 5.41) is 3.27. The van der Waals surface area contributed by atoms with Gasteiger partial charge in [0, 0.05) is 12.7 Å². The zero-order chi connectivity index (χ0) is 13.1. The van der Waals surface area contributed by atoms with Crippen LogP contribution in [0.2, 0.25) is 0 Å². The number of rotatable bonds is 10. The molecule has 0 unspecified atom stereocenters. The zero-order valence-corrected chi connectivity index (χ0v) is 11.5. The third kappa shape index (κ3) is 7.09. The number of anilines is 2. The molecule has 4 nitrogen and oxygen atoms in total. The first-order valence-corrected chi connectivity index (χ1v) is 7.15. The first kappa shape index (κ1) is 14.7. The van der Waals surface area contributed by atoms with Crippen LogP contribution in [0.5, 0.6) is 0 Å². The summed E-state index contributed by atoms with van der Waals surface area (Å²) >= 11 is 0. The maximum Gasteiger partial charge on any atom is 0.221 e. The molecule has 0 amide bonds. The van der Waals surface area contributed by atoms with Crippen molar-refractivity contribution in [2.45, 2.75) is 58.3 Å². The molecule has 3 N–H and O–H groups in total. The van der Waals surface area contributed by atoms with Gasteiger partial charge in [-0.1, -0.05) is 51.9 Å². The van der Waals surface area contributed by atoms with Crippen molar-refractivity contribution in [2.75, 3.05) is 17.6 Å². The van der Waals surface area contributed by atoms with E-state index in [2.05, 4.69) is 22.2 Å². The van der Waals surface area contributed by atoms with Gasteiger partial charge in [-0.2, -0.15) is 4.98 Å². The van der Waals surface area contributed by atoms with E-state index in [9.17, 15) is 0 Å². The van der Waals surface area contributed by atoms with Crippen LogP contribution < -0.4 is 11.1 Å². The molecule has 0 atom stereocenters. The number of nitrogens with one attached hydrogen (secondary N) is 1.